The molecule has 9 heteroatoms. The van der Waals surface area contributed by atoms with Crippen LogP contribution in [0.15, 0.2) is 42.5 Å². The van der Waals surface area contributed by atoms with Gasteiger partial charge in [-0.1, -0.05) is 35.1 Å². The Morgan fingerprint density at radius 3 is 2.86 bits per heavy atom. The first kappa shape index (κ1) is 19.4. The topological polar surface area (TPSA) is 88.6 Å². The predicted molar refractivity (Wildman–Crippen MR) is 112 cm³/mol. The number of para-hydroxylation sites is 1. The molecule has 7 nitrogen and oxygen atoms in total. The number of amides is 2. The molecule has 2 amide bonds. The molecule has 1 saturated heterocycles. The van der Waals surface area contributed by atoms with Gasteiger partial charge in [-0.3, -0.25) is 9.59 Å². The number of hydrogen-bond donors (Lipinski definition) is 1. The van der Waals surface area contributed by atoms with E-state index in [0.29, 0.717) is 15.8 Å². The number of fused-ring (bicyclic) bond motifs is 1. The number of methoxy groups -OCH3 is 1. The maximum atomic E-state index is 12.7. The summed E-state index contributed by atoms with van der Waals surface area (Å²) in [6.45, 7) is 0.176. The van der Waals surface area contributed by atoms with Crippen LogP contribution in [0.25, 0.3) is 10.2 Å². The van der Waals surface area contributed by atoms with Gasteiger partial charge in [0.2, 0.25) is 11.8 Å². The van der Waals surface area contributed by atoms with Crippen molar-refractivity contribution >= 4 is 61.8 Å². The third kappa shape index (κ3) is 3.81. The van der Waals surface area contributed by atoms with Crippen molar-refractivity contribution in [2.75, 3.05) is 23.9 Å². The molecule has 1 N–H and O–H groups in total. The molecular formula is C20H16ClN3O4S. The van der Waals surface area contributed by atoms with E-state index in [1.165, 1.54) is 23.3 Å². The van der Waals surface area contributed by atoms with Crippen LogP contribution in [0.4, 0.5) is 10.8 Å². The molecule has 0 bridgehead atoms. The Kier molecular flexibility index (Phi) is 5.21. The number of benzene rings is 2. The summed E-state index contributed by atoms with van der Waals surface area (Å²) in [5, 5.41) is 3.84. The van der Waals surface area contributed by atoms with Crippen LogP contribution in [0.5, 0.6) is 0 Å². The zero-order valence-corrected chi connectivity index (χ0v) is 16.9. The maximum Gasteiger partial charge on any atom is 0.339 e. The molecule has 1 aliphatic heterocycles. The second-order valence-corrected chi connectivity index (χ2v) is 8.00. The van der Waals surface area contributed by atoms with E-state index < -0.39 is 11.9 Å². The van der Waals surface area contributed by atoms with Crippen molar-refractivity contribution in [1.82, 2.24) is 4.98 Å². The number of carbonyl (C=O) groups is 3. The molecule has 1 aromatic heterocycles. The Labute approximate surface area is 175 Å². The van der Waals surface area contributed by atoms with Crippen molar-refractivity contribution in [3.63, 3.8) is 0 Å². The number of esters is 1. The Morgan fingerprint density at radius 2 is 2.07 bits per heavy atom. The molecule has 1 aliphatic rings. The van der Waals surface area contributed by atoms with Gasteiger partial charge in [-0.25, -0.2) is 9.78 Å². The molecule has 1 unspecified atom stereocenters. The van der Waals surface area contributed by atoms with E-state index in [1.54, 1.807) is 42.5 Å². The average Bonchev–Trinajstić information content (AvgIpc) is 3.29. The lowest BCUT2D eigenvalue weighted by atomic mass is 10.1. The first-order chi connectivity index (χ1) is 14.0. The minimum absolute atomic E-state index is 0.0536. The lowest BCUT2D eigenvalue weighted by molar-refractivity contribution is -0.122. The zero-order chi connectivity index (χ0) is 20.5. The fourth-order valence-corrected chi connectivity index (χ4v) is 4.41. The maximum absolute atomic E-state index is 12.7. The molecule has 29 heavy (non-hydrogen) atoms. The van der Waals surface area contributed by atoms with E-state index in [9.17, 15) is 14.4 Å². The van der Waals surface area contributed by atoms with Gasteiger partial charge in [-0.2, -0.15) is 0 Å². The average molecular weight is 430 g/mol. The molecule has 2 heterocycles. The molecule has 0 spiro atoms. The normalized spacial score (nSPS) is 16.3. The largest absolute Gasteiger partial charge is 0.465 e. The molecule has 4 rings (SSSR count). The summed E-state index contributed by atoms with van der Waals surface area (Å²) in [7, 11) is 1.28. The van der Waals surface area contributed by atoms with Crippen molar-refractivity contribution < 1.29 is 19.1 Å². The van der Waals surface area contributed by atoms with Crippen LogP contribution in [0.3, 0.4) is 0 Å². The molecule has 2 aromatic carbocycles. The monoisotopic (exact) mass is 429 g/mol. The van der Waals surface area contributed by atoms with Gasteiger partial charge >= 0.3 is 5.97 Å². The summed E-state index contributed by atoms with van der Waals surface area (Å²) in [4.78, 5) is 43.1. The number of anilines is 2. The van der Waals surface area contributed by atoms with E-state index in [0.717, 1.165) is 10.2 Å². The minimum Gasteiger partial charge on any atom is -0.465 e. The third-order valence-electron chi connectivity index (χ3n) is 4.68. The van der Waals surface area contributed by atoms with Gasteiger partial charge in [0.05, 0.1) is 34.5 Å². The third-order valence-corrected chi connectivity index (χ3v) is 5.85. The molecule has 148 valence electrons. The molecule has 1 atom stereocenters. The van der Waals surface area contributed by atoms with Crippen LogP contribution in [0.1, 0.15) is 16.8 Å². The summed E-state index contributed by atoms with van der Waals surface area (Å²) in [6.07, 6.45) is 0.0536. The number of carbonyl (C=O) groups excluding carboxylic acids is 3. The van der Waals surface area contributed by atoms with Gasteiger partial charge in [0.1, 0.15) is 0 Å². The number of halogens is 1. The SMILES string of the molecule is COC(=O)c1ccccc1N1CC(C(=O)Nc2nc3ccc(Cl)cc3s2)CC1=O. The summed E-state index contributed by atoms with van der Waals surface area (Å²) in [6, 6.07) is 12.0. The second-order valence-electron chi connectivity index (χ2n) is 6.53. The lowest BCUT2D eigenvalue weighted by Gasteiger charge is -2.19. The van der Waals surface area contributed by atoms with E-state index in [2.05, 4.69) is 10.3 Å². The Morgan fingerprint density at radius 1 is 1.28 bits per heavy atom. The molecule has 0 radical (unpaired) electrons. The van der Waals surface area contributed by atoms with Crippen LogP contribution in [0.2, 0.25) is 5.02 Å². The highest BCUT2D eigenvalue weighted by molar-refractivity contribution is 7.22. The van der Waals surface area contributed by atoms with Crippen LogP contribution in [0, 0.1) is 5.92 Å². The highest BCUT2D eigenvalue weighted by Crippen LogP contribution is 2.31. The minimum atomic E-state index is -0.552. The Bertz CT molecular complexity index is 1130. The van der Waals surface area contributed by atoms with Crippen molar-refractivity contribution in [2.24, 2.45) is 5.92 Å². The van der Waals surface area contributed by atoms with E-state index in [1.807, 2.05) is 0 Å². The van der Waals surface area contributed by atoms with Crippen LogP contribution >= 0.6 is 22.9 Å². The lowest BCUT2D eigenvalue weighted by Crippen LogP contribution is -2.29. The van der Waals surface area contributed by atoms with E-state index in [4.69, 9.17) is 16.3 Å². The number of thiazole rings is 1. The molecule has 1 fully saturated rings. The van der Waals surface area contributed by atoms with Crippen LogP contribution < -0.4 is 10.2 Å². The van der Waals surface area contributed by atoms with Gasteiger partial charge in [-0.15, -0.1) is 0 Å². The van der Waals surface area contributed by atoms with Gasteiger partial charge in [0, 0.05) is 18.0 Å². The molecular weight excluding hydrogens is 414 g/mol. The number of ether oxygens (including phenoxy) is 1. The number of rotatable bonds is 4. The summed E-state index contributed by atoms with van der Waals surface area (Å²) in [5.41, 5.74) is 1.47. The second kappa shape index (κ2) is 7.81. The number of aromatic nitrogens is 1. The van der Waals surface area contributed by atoms with Crippen molar-refractivity contribution in [1.29, 1.82) is 0 Å². The van der Waals surface area contributed by atoms with Gasteiger partial charge in [0.15, 0.2) is 5.13 Å². The van der Waals surface area contributed by atoms with Crippen molar-refractivity contribution in [2.45, 2.75) is 6.42 Å². The number of nitrogens with zero attached hydrogens (tertiary/aromatic N) is 2. The predicted octanol–water partition coefficient (Wildman–Crippen LogP) is 3.73. The Balaban J connectivity index is 1.51. The van der Waals surface area contributed by atoms with Crippen LogP contribution in [-0.2, 0) is 14.3 Å². The first-order valence-electron chi connectivity index (χ1n) is 8.81. The molecule has 0 aliphatic carbocycles. The van der Waals surface area contributed by atoms with Gasteiger partial charge < -0.3 is 15.0 Å². The standard InChI is InChI=1S/C20H16ClN3O4S/c1-28-19(27)13-4-2-3-5-15(13)24-10-11(8-17(24)25)18(26)23-20-22-14-7-6-12(21)9-16(14)29-20/h2-7,9,11H,8,10H2,1H3,(H,22,23,26). The van der Waals surface area contributed by atoms with Gasteiger partial charge in [-0.05, 0) is 30.3 Å². The highest BCUT2D eigenvalue weighted by atomic mass is 35.5. The summed E-state index contributed by atoms with van der Waals surface area (Å²) in [5.74, 6) is -1.60. The van der Waals surface area contributed by atoms with E-state index in [-0.39, 0.29) is 30.3 Å². The van der Waals surface area contributed by atoms with Crippen LogP contribution in [-0.4, -0.2) is 36.4 Å². The zero-order valence-electron chi connectivity index (χ0n) is 15.3. The number of nitrogens with one attached hydrogen (secondary N) is 1. The van der Waals surface area contributed by atoms with Crippen molar-refractivity contribution in [3.05, 3.63) is 53.1 Å². The number of hydrogen-bond acceptors (Lipinski definition) is 6. The molecule has 3 aromatic rings. The highest BCUT2D eigenvalue weighted by Gasteiger charge is 2.37. The molecule has 0 saturated carbocycles. The summed E-state index contributed by atoms with van der Waals surface area (Å²) >= 11 is 7.31. The van der Waals surface area contributed by atoms with E-state index >= 15 is 0 Å². The van der Waals surface area contributed by atoms with Gasteiger partial charge in [0.25, 0.3) is 0 Å². The quantitative estimate of drug-likeness (QED) is 0.638. The van der Waals surface area contributed by atoms with Crippen molar-refractivity contribution in [3.8, 4) is 0 Å². The Hall–Kier alpha value is -2.97. The fourth-order valence-electron chi connectivity index (χ4n) is 3.27. The summed E-state index contributed by atoms with van der Waals surface area (Å²) < 4.78 is 5.65. The first-order valence-corrected chi connectivity index (χ1v) is 10.0. The smallest absolute Gasteiger partial charge is 0.339 e. The fraction of sp³-hybridized carbons (Fsp3) is 0.200.